The molecule has 372 valence electrons. The van der Waals surface area contributed by atoms with E-state index in [4.69, 9.17) is 16.3 Å². The highest BCUT2D eigenvalue weighted by atomic mass is 35.5. The molecule has 5 heterocycles. The average molecular weight is 998 g/mol. The minimum absolute atomic E-state index is 0.0723. The molecule has 4 aliphatic heterocycles. The predicted molar refractivity (Wildman–Crippen MR) is 268 cm³/mol. The minimum Gasteiger partial charge on any atom is -0.494 e. The Kier molecular flexibility index (Phi) is 15.9. The Hall–Kier alpha value is -6.31. The van der Waals surface area contributed by atoms with Crippen LogP contribution in [0.3, 0.4) is 0 Å². The van der Waals surface area contributed by atoms with Crippen molar-refractivity contribution < 1.29 is 37.1 Å². The second-order valence-electron chi connectivity index (χ2n) is 18.4. The van der Waals surface area contributed by atoms with Crippen molar-refractivity contribution in [3.63, 3.8) is 0 Å². The number of sulfone groups is 1. The van der Waals surface area contributed by atoms with Crippen LogP contribution in [0, 0.1) is 0 Å². The van der Waals surface area contributed by atoms with Crippen molar-refractivity contribution in [1.82, 2.24) is 30.0 Å². The molecule has 3 saturated heterocycles. The number of unbranched alkanes of at least 4 members (excludes halogenated alkanes) is 4. The average Bonchev–Trinajstić information content (AvgIpc) is 3.62. The number of aromatic nitrogens is 2. The Balaban J connectivity index is 0.727. The van der Waals surface area contributed by atoms with Crippen molar-refractivity contribution >= 4 is 85.5 Å². The topological polar surface area (TPSA) is 216 Å². The number of amides is 5. The number of methoxy groups -OCH3 is 1. The van der Waals surface area contributed by atoms with Gasteiger partial charge in [0.25, 0.3) is 11.8 Å². The number of hydrogen-bond donors (Lipinski definition) is 4. The molecule has 0 radical (unpaired) electrons. The van der Waals surface area contributed by atoms with Crippen molar-refractivity contribution in [2.24, 2.45) is 0 Å². The number of nitrogens with zero attached hydrogens (tertiary/aromatic N) is 6. The van der Waals surface area contributed by atoms with Crippen LogP contribution in [0.25, 0.3) is 0 Å². The first-order valence-electron chi connectivity index (χ1n) is 24.2. The largest absolute Gasteiger partial charge is 0.494 e. The number of fused-ring (bicyclic) bond motifs is 1. The highest BCUT2D eigenvalue weighted by Crippen LogP contribution is 2.36. The van der Waals surface area contributed by atoms with Gasteiger partial charge in [-0.15, -0.1) is 0 Å². The van der Waals surface area contributed by atoms with Crippen molar-refractivity contribution in [2.75, 3.05) is 73.8 Å². The zero-order valence-electron chi connectivity index (χ0n) is 39.8. The first kappa shape index (κ1) is 50.1. The van der Waals surface area contributed by atoms with E-state index >= 15 is 0 Å². The quantitative estimate of drug-likeness (QED) is 0.0563. The highest BCUT2D eigenvalue weighted by Gasteiger charge is 2.45. The summed E-state index contributed by atoms with van der Waals surface area (Å²) in [6.07, 6.45) is 8.77. The van der Waals surface area contributed by atoms with E-state index in [0.29, 0.717) is 41.8 Å². The van der Waals surface area contributed by atoms with Gasteiger partial charge in [-0.25, -0.2) is 13.4 Å². The Morgan fingerprint density at radius 1 is 0.843 bits per heavy atom. The summed E-state index contributed by atoms with van der Waals surface area (Å²) in [6.45, 7) is 8.87. The molecule has 70 heavy (non-hydrogen) atoms. The van der Waals surface area contributed by atoms with Crippen LogP contribution in [0.2, 0.25) is 5.02 Å². The van der Waals surface area contributed by atoms with Gasteiger partial charge in [-0.05, 0) is 82.3 Å². The number of piperazine rings is 1. The molecule has 0 spiro atoms. The zero-order chi connectivity index (χ0) is 49.5. The van der Waals surface area contributed by atoms with Crippen LogP contribution in [0.5, 0.6) is 5.75 Å². The molecule has 0 saturated carbocycles. The third-order valence-electron chi connectivity index (χ3n) is 13.6. The van der Waals surface area contributed by atoms with Crippen LogP contribution >= 0.6 is 11.6 Å². The molecule has 18 nitrogen and oxygen atoms in total. The fourth-order valence-electron chi connectivity index (χ4n) is 9.62. The normalized spacial score (nSPS) is 18.0. The Bertz CT molecular complexity index is 2720. The maximum absolute atomic E-state index is 13.4. The molecule has 20 heteroatoms. The van der Waals surface area contributed by atoms with Gasteiger partial charge < -0.3 is 30.5 Å². The SMILES string of the molecule is COc1cc(N2CCC(N3CCN(C(=O)CCCCCCCNc4cccc5c4C(=O)N(C4CCC(=O)NC4=O)C5=O)CC3)CC2)ccc1Nc1ncc(Cl)c(Nc2ccccc2S(=O)(=O)C(C)C)n1. The van der Waals surface area contributed by atoms with Crippen molar-refractivity contribution in [3.8, 4) is 5.75 Å². The van der Waals surface area contributed by atoms with Gasteiger partial charge in [-0.2, -0.15) is 4.98 Å². The third kappa shape index (κ3) is 11.2. The summed E-state index contributed by atoms with van der Waals surface area (Å²) in [5, 5.41) is 11.5. The summed E-state index contributed by atoms with van der Waals surface area (Å²) < 4.78 is 31.9. The number of carbonyl (C=O) groups excluding carboxylic acids is 5. The summed E-state index contributed by atoms with van der Waals surface area (Å²) in [5.41, 5.74) is 3.15. The van der Waals surface area contributed by atoms with Gasteiger partial charge in [-0.3, -0.25) is 39.1 Å². The van der Waals surface area contributed by atoms with Gasteiger partial charge in [0.1, 0.15) is 16.8 Å². The molecule has 1 aromatic heterocycles. The van der Waals surface area contributed by atoms with Crippen LogP contribution in [-0.4, -0.2) is 133 Å². The molecule has 1 unspecified atom stereocenters. The first-order chi connectivity index (χ1) is 33.7. The third-order valence-corrected chi connectivity index (χ3v) is 16.1. The number of piperidine rings is 2. The lowest BCUT2D eigenvalue weighted by Crippen LogP contribution is -2.54. The molecule has 8 rings (SSSR count). The number of para-hydroxylation sites is 1. The van der Waals surface area contributed by atoms with Gasteiger partial charge in [0.15, 0.2) is 15.7 Å². The minimum atomic E-state index is -3.57. The van der Waals surface area contributed by atoms with E-state index in [2.05, 4.69) is 41.0 Å². The summed E-state index contributed by atoms with van der Waals surface area (Å²) in [4.78, 5) is 80.7. The zero-order valence-corrected chi connectivity index (χ0v) is 41.4. The molecule has 0 aliphatic carbocycles. The van der Waals surface area contributed by atoms with Crippen LogP contribution in [-0.2, 0) is 24.2 Å². The van der Waals surface area contributed by atoms with Gasteiger partial charge >= 0.3 is 0 Å². The molecule has 4 N–H and O–H groups in total. The summed E-state index contributed by atoms with van der Waals surface area (Å²) in [6, 6.07) is 17.1. The van der Waals surface area contributed by atoms with E-state index in [-0.39, 0.29) is 51.6 Å². The summed E-state index contributed by atoms with van der Waals surface area (Å²) in [5.74, 6) is -0.748. The molecular weight excluding hydrogens is 936 g/mol. The van der Waals surface area contributed by atoms with E-state index in [9.17, 15) is 32.4 Å². The summed E-state index contributed by atoms with van der Waals surface area (Å²) in [7, 11) is -1.96. The Morgan fingerprint density at radius 2 is 1.57 bits per heavy atom. The maximum atomic E-state index is 13.4. The maximum Gasteiger partial charge on any atom is 0.264 e. The number of hydrogen-bond acceptors (Lipinski definition) is 15. The summed E-state index contributed by atoms with van der Waals surface area (Å²) >= 11 is 6.47. The molecule has 3 aromatic carbocycles. The smallest absolute Gasteiger partial charge is 0.264 e. The van der Waals surface area contributed by atoms with Gasteiger partial charge in [0.05, 0.1) is 46.0 Å². The second kappa shape index (κ2) is 22.2. The molecule has 0 bridgehead atoms. The van der Waals surface area contributed by atoms with Gasteiger partial charge in [0, 0.05) is 82.1 Å². The lowest BCUT2D eigenvalue weighted by molar-refractivity contribution is -0.136. The Labute approximate surface area is 413 Å². The van der Waals surface area contributed by atoms with E-state index in [1.54, 1.807) is 63.4 Å². The fourth-order valence-corrected chi connectivity index (χ4v) is 11.0. The molecule has 5 amide bonds. The monoisotopic (exact) mass is 996 g/mol. The molecule has 4 aliphatic rings. The fraction of sp³-hybridized carbons (Fsp3) is 0.460. The van der Waals surface area contributed by atoms with Crippen LogP contribution in [0.15, 0.2) is 71.8 Å². The lowest BCUT2D eigenvalue weighted by Gasteiger charge is -2.43. The first-order valence-corrected chi connectivity index (χ1v) is 26.1. The van der Waals surface area contributed by atoms with Gasteiger partial charge in [0.2, 0.25) is 23.7 Å². The standard InChI is InChI=1S/C50H61ClN10O8S/c1-32(2)70(67,68)42-15-9-8-13-38(42)54-46-36(51)31-53-50(57-46)55-37-18-17-34(30-41(37)69-3)58-24-21-33(22-25-58)59-26-28-60(29-27-59)44(63)16-7-5-4-6-10-23-52-39-14-11-12-35-45(39)49(66)61(48(35)65)40-19-20-43(62)56-47(40)64/h8-9,11-15,17-18,30-33,40,52H,4-7,10,16,19-29H2,1-3H3,(H,56,62,64)(H2,53,54,55,57). The number of carbonyl (C=O) groups is 5. The number of ether oxygens (including phenoxy) is 1. The van der Waals surface area contributed by atoms with Crippen LogP contribution in [0.4, 0.5) is 34.5 Å². The predicted octanol–water partition coefficient (Wildman–Crippen LogP) is 6.77. The van der Waals surface area contributed by atoms with E-state index in [1.807, 2.05) is 23.1 Å². The number of anilines is 6. The number of benzene rings is 3. The number of halogens is 1. The highest BCUT2D eigenvalue weighted by molar-refractivity contribution is 7.92. The second-order valence-corrected chi connectivity index (χ2v) is 21.2. The number of rotatable bonds is 19. The lowest BCUT2D eigenvalue weighted by atomic mass is 10.0. The molecule has 3 fully saturated rings. The van der Waals surface area contributed by atoms with Crippen LogP contribution < -0.4 is 30.9 Å². The molecule has 1 atom stereocenters. The molecule has 4 aromatic rings. The van der Waals surface area contributed by atoms with E-state index < -0.39 is 44.8 Å². The van der Waals surface area contributed by atoms with Gasteiger partial charge in [-0.1, -0.05) is 49.1 Å². The van der Waals surface area contributed by atoms with Crippen molar-refractivity contribution in [2.45, 2.75) is 100 Å². The van der Waals surface area contributed by atoms with Crippen molar-refractivity contribution in [3.05, 3.63) is 83.0 Å². The van der Waals surface area contributed by atoms with E-state index in [1.165, 1.54) is 6.20 Å². The van der Waals surface area contributed by atoms with Crippen LogP contribution in [0.1, 0.15) is 98.8 Å². The van der Waals surface area contributed by atoms with Crippen molar-refractivity contribution in [1.29, 1.82) is 0 Å². The number of imide groups is 2. The number of nitrogens with one attached hydrogen (secondary N) is 4. The van der Waals surface area contributed by atoms with E-state index in [0.717, 1.165) is 94.8 Å². The molecular formula is C50H61ClN10O8S. The Morgan fingerprint density at radius 3 is 2.31 bits per heavy atom.